The van der Waals surface area contributed by atoms with Crippen molar-refractivity contribution >= 4 is 11.6 Å². The lowest BCUT2D eigenvalue weighted by molar-refractivity contribution is 0.288. The number of ether oxygens (including phenoxy) is 1. The van der Waals surface area contributed by atoms with Crippen LogP contribution < -0.4 is 10.1 Å². The number of aromatic nitrogens is 1. The minimum atomic E-state index is 0.0711. The van der Waals surface area contributed by atoms with Gasteiger partial charge >= 0.3 is 0 Å². The van der Waals surface area contributed by atoms with Crippen LogP contribution in [-0.2, 0) is 6.54 Å². The van der Waals surface area contributed by atoms with Crippen molar-refractivity contribution in [3.8, 4) is 5.88 Å². The van der Waals surface area contributed by atoms with Gasteiger partial charge in [0.15, 0.2) is 0 Å². The maximum absolute atomic E-state index is 6.14. The summed E-state index contributed by atoms with van der Waals surface area (Å²) in [5.74, 6) is 1.41. The van der Waals surface area contributed by atoms with Crippen molar-refractivity contribution in [3.05, 3.63) is 22.8 Å². The number of hydrogen-bond acceptors (Lipinski definition) is 3. The molecule has 2 rings (SSSR count). The molecule has 1 fully saturated rings. The highest BCUT2D eigenvalue weighted by molar-refractivity contribution is 6.31. The van der Waals surface area contributed by atoms with Crippen molar-refractivity contribution in [1.29, 1.82) is 0 Å². The lowest BCUT2D eigenvalue weighted by Crippen LogP contribution is -2.35. The molecule has 4 heteroatoms. The molecule has 1 aromatic heterocycles. The fourth-order valence-electron chi connectivity index (χ4n) is 1.52. The van der Waals surface area contributed by atoms with Crippen LogP contribution in [0, 0.1) is 5.92 Å². The third kappa shape index (κ3) is 4.46. The number of nitrogens with zero attached hydrogens (tertiary/aromatic N) is 1. The van der Waals surface area contributed by atoms with Crippen molar-refractivity contribution in [1.82, 2.24) is 10.3 Å². The van der Waals surface area contributed by atoms with Crippen molar-refractivity contribution in [3.63, 3.8) is 0 Å². The Morgan fingerprint density at radius 1 is 1.44 bits per heavy atom. The van der Waals surface area contributed by atoms with Crippen molar-refractivity contribution in [2.75, 3.05) is 6.61 Å². The van der Waals surface area contributed by atoms with Crippen LogP contribution in [0.25, 0.3) is 0 Å². The van der Waals surface area contributed by atoms with Gasteiger partial charge in [-0.15, -0.1) is 0 Å². The largest absolute Gasteiger partial charge is 0.477 e. The van der Waals surface area contributed by atoms with Gasteiger partial charge < -0.3 is 10.1 Å². The third-order valence-electron chi connectivity index (χ3n) is 2.88. The van der Waals surface area contributed by atoms with Crippen LogP contribution in [0.1, 0.15) is 39.2 Å². The van der Waals surface area contributed by atoms with Gasteiger partial charge in [-0.2, -0.15) is 0 Å². The quantitative estimate of drug-likeness (QED) is 0.889. The van der Waals surface area contributed by atoms with Crippen molar-refractivity contribution < 1.29 is 4.74 Å². The Kier molecular flexibility index (Phi) is 4.13. The van der Waals surface area contributed by atoms with Gasteiger partial charge in [0.2, 0.25) is 5.88 Å². The zero-order valence-electron chi connectivity index (χ0n) is 11.3. The van der Waals surface area contributed by atoms with Gasteiger partial charge in [-0.3, -0.25) is 0 Å². The molecule has 3 nitrogen and oxygen atoms in total. The Morgan fingerprint density at radius 3 is 2.78 bits per heavy atom. The Balaban J connectivity index is 1.96. The first kappa shape index (κ1) is 13.6. The predicted molar refractivity (Wildman–Crippen MR) is 74.1 cm³/mol. The Morgan fingerprint density at radius 2 is 2.17 bits per heavy atom. The maximum Gasteiger partial charge on any atom is 0.213 e. The minimum Gasteiger partial charge on any atom is -0.477 e. The SMILES string of the molecule is CC(C)(C)NCc1cc(OCC2CC2)ncc1Cl. The molecule has 0 saturated heterocycles. The summed E-state index contributed by atoms with van der Waals surface area (Å²) in [6, 6.07) is 1.93. The maximum atomic E-state index is 6.14. The molecule has 1 saturated carbocycles. The molecule has 0 radical (unpaired) electrons. The molecule has 0 bridgehead atoms. The Labute approximate surface area is 114 Å². The first-order valence-corrected chi connectivity index (χ1v) is 6.84. The molecule has 0 aromatic carbocycles. The smallest absolute Gasteiger partial charge is 0.213 e. The number of pyridine rings is 1. The summed E-state index contributed by atoms with van der Waals surface area (Å²) in [6.07, 6.45) is 4.24. The molecule has 0 unspecified atom stereocenters. The highest BCUT2D eigenvalue weighted by Gasteiger charge is 2.22. The van der Waals surface area contributed by atoms with Crippen LogP contribution >= 0.6 is 11.6 Å². The lowest BCUT2D eigenvalue weighted by Gasteiger charge is -2.21. The average molecular weight is 269 g/mol. The molecule has 0 aliphatic heterocycles. The Bertz CT molecular complexity index is 411. The van der Waals surface area contributed by atoms with Gasteiger partial charge in [0.25, 0.3) is 0 Å². The second kappa shape index (κ2) is 5.45. The van der Waals surface area contributed by atoms with Gasteiger partial charge in [-0.1, -0.05) is 11.6 Å². The molecule has 18 heavy (non-hydrogen) atoms. The second-order valence-electron chi connectivity index (χ2n) is 5.97. The first-order valence-electron chi connectivity index (χ1n) is 6.46. The number of hydrogen-bond donors (Lipinski definition) is 1. The summed E-state index contributed by atoms with van der Waals surface area (Å²) >= 11 is 6.14. The molecular formula is C14H21ClN2O. The molecule has 1 heterocycles. The van der Waals surface area contributed by atoms with E-state index in [1.807, 2.05) is 6.07 Å². The fraction of sp³-hybridized carbons (Fsp3) is 0.643. The fourth-order valence-corrected chi connectivity index (χ4v) is 1.69. The molecule has 1 aliphatic rings. The molecule has 1 N–H and O–H groups in total. The van der Waals surface area contributed by atoms with E-state index in [-0.39, 0.29) is 5.54 Å². The summed E-state index contributed by atoms with van der Waals surface area (Å²) in [6.45, 7) is 7.90. The zero-order chi connectivity index (χ0) is 13.2. The minimum absolute atomic E-state index is 0.0711. The number of nitrogens with one attached hydrogen (secondary N) is 1. The van der Waals surface area contributed by atoms with E-state index in [1.165, 1.54) is 12.8 Å². The van der Waals surface area contributed by atoms with Crippen LogP contribution in [0.5, 0.6) is 5.88 Å². The van der Waals surface area contributed by atoms with Crippen molar-refractivity contribution in [2.45, 2.75) is 45.7 Å². The van der Waals surface area contributed by atoms with Gasteiger partial charge in [0.1, 0.15) is 0 Å². The van der Waals surface area contributed by atoms with E-state index < -0.39 is 0 Å². The summed E-state index contributed by atoms with van der Waals surface area (Å²) in [5.41, 5.74) is 1.11. The molecule has 1 aromatic rings. The first-order chi connectivity index (χ1) is 8.44. The van der Waals surface area contributed by atoms with Crippen LogP contribution in [0.15, 0.2) is 12.3 Å². The summed E-state index contributed by atoms with van der Waals surface area (Å²) < 4.78 is 5.66. The Hall–Kier alpha value is -0.800. The normalized spacial score (nSPS) is 15.8. The van der Waals surface area contributed by atoms with Crippen LogP contribution in [0.2, 0.25) is 5.02 Å². The monoisotopic (exact) mass is 268 g/mol. The van der Waals surface area contributed by atoms with Crippen molar-refractivity contribution in [2.24, 2.45) is 5.92 Å². The summed E-state index contributed by atoms with van der Waals surface area (Å²) in [7, 11) is 0. The zero-order valence-corrected chi connectivity index (χ0v) is 12.0. The van der Waals surface area contributed by atoms with E-state index in [0.717, 1.165) is 24.6 Å². The topological polar surface area (TPSA) is 34.1 Å². The van der Waals surface area contributed by atoms with Crippen LogP contribution in [-0.4, -0.2) is 17.1 Å². The molecule has 0 atom stereocenters. The second-order valence-corrected chi connectivity index (χ2v) is 6.38. The van der Waals surface area contributed by atoms with E-state index >= 15 is 0 Å². The van der Waals surface area contributed by atoms with E-state index in [9.17, 15) is 0 Å². The molecule has 0 spiro atoms. The number of halogens is 1. The summed E-state index contributed by atoms with van der Waals surface area (Å²) in [5, 5.41) is 4.10. The predicted octanol–water partition coefficient (Wildman–Crippen LogP) is 3.41. The molecule has 0 amide bonds. The molecule has 1 aliphatic carbocycles. The van der Waals surface area contributed by atoms with Gasteiger partial charge in [-0.25, -0.2) is 4.98 Å². The molecule has 100 valence electrons. The average Bonchev–Trinajstić information content (AvgIpc) is 3.09. The van der Waals surface area contributed by atoms with Gasteiger partial charge in [0.05, 0.1) is 11.6 Å². The summed E-state index contributed by atoms with van der Waals surface area (Å²) in [4.78, 5) is 4.20. The highest BCUT2D eigenvalue weighted by atomic mass is 35.5. The van der Waals surface area contributed by atoms with Gasteiger partial charge in [0, 0.05) is 24.3 Å². The van der Waals surface area contributed by atoms with Crippen LogP contribution in [0.4, 0.5) is 0 Å². The van der Waals surface area contributed by atoms with E-state index in [4.69, 9.17) is 16.3 Å². The number of rotatable bonds is 5. The van der Waals surface area contributed by atoms with E-state index in [2.05, 4.69) is 31.1 Å². The van der Waals surface area contributed by atoms with E-state index in [1.54, 1.807) is 6.20 Å². The third-order valence-corrected chi connectivity index (χ3v) is 3.22. The molecular weight excluding hydrogens is 248 g/mol. The van der Waals surface area contributed by atoms with Gasteiger partial charge in [-0.05, 0) is 45.1 Å². The standard InChI is InChI=1S/C14H21ClN2O/c1-14(2,3)17-7-11-6-13(16-8-12(11)15)18-9-10-4-5-10/h6,8,10,17H,4-5,7,9H2,1-3H3. The van der Waals surface area contributed by atoms with Crippen LogP contribution in [0.3, 0.4) is 0 Å². The van der Waals surface area contributed by atoms with E-state index in [0.29, 0.717) is 10.9 Å². The highest BCUT2D eigenvalue weighted by Crippen LogP contribution is 2.29. The lowest BCUT2D eigenvalue weighted by atomic mass is 10.1.